The zero-order chi connectivity index (χ0) is 10.4. The highest BCUT2D eigenvalue weighted by atomic mass is 35.5. The molecule has 1 rings (SSSR count). The van der Waals surface area contributed by atoms with E-state index in [-0.39, 0.29) is 0 Å². The van der Waals surface area contributed by atoms with Crippen LogP contribution in [-0.2, 0) is 0 Å². The number of aryl methyl sites for hydroxylation is 1. The number of benzene rings is 1. The summed E-state index contributed by atoms with van der Waals surface area (Å²) in [5.41, 5.74) is 2.90. The maximum absolute atomic E-state index is 5.66. The van der Waals surface area contributed by atoms with Crippen LogP contribution in [0.1, 0.15) is 43.2 Å². The molecule has 0 bridgehead atoms. The average molecular weight is 211 g/mol. The summed E-state index contributed by atoms with van der Waals surface area (Å²) in [4.78, 5) is 0. The highest BCUT2D eigenvalue weighted by Crippen LogP contribution is 2.24. The molecular formula is C13H19Cl. The Morgan fingerprint density at radius 3 is 2.57 bits per heavy atom. The van der Waals surface area contributed by atoms with E-state index in [0.29, 0.717) is 5.92 Å². The number of hydrogen-bond acceptors (Lipinski definition) is 0. The van der Waals surface area contributed by atoms with Crippen LogP contribution < -0.4 is 0 Å². The van der Waals surface area contributed by atoms with Gasteiger partial charge in [-0.05, 0) is 36.8 Å². The Hall–Kier alpha value is -0.490. The Bertz CT molecular complexity index is 268. The maximum atomic E-state index is 5.66. The van der Waals surface area contributed by atoms with Gasteiger partial charge in [0.25, 0.3) is 0 Å². The number of halogens is 1. The first kappa shape index (κ1) is 11.6. The van der Waals surface area contributed by atoms with E-state index in [2.05, 4.69) is 38.1 Å². The van der Waals surface area contributed by atoms with Crippen LogP contribution in [0.3, 0.4) is 0 Å². The van der Waals surface area contributed by atoms with E-state index >= 15 is 0 Å². The summed E-state index contributed by atoms with van der Waals surface area (Å²) in [7, 11) is 0. The van der Waals surface area contributed by atoms with Gasteiger partial charge >= 0.3 is 0 Å². The predicted octanol–water partition coefficient (Wildman–Crippen LogP) is 4.51. The van der Waals surface area contributed by atoms with E-state index in [1.807, 2.05) is 0 Å². The van der Waals surface area contributed by atoms with Gasteiger partial charge in [-0.2, -0.15) is 0 Å². The smallest absolute Gasteiger partial charge is 0.0223 e. The van der Waals surface area contributed by atoms with Crippen LogP contribution in [0.25, 0.3) is 0 Å². The quantitative estimate of drug-likeness (QED) is 0.496. The number of rotatable bonds is 5. The topological polar surface area (TPSA) is 0 Å². The third-order valence-electron chi connectivity index (χ3n) is 2.74. The van der Waals surface area contributed by atoms with Gasteiger partial charge in [0.15, 0.2) is 0 Å². The highest BCUT2D eigenvalue weighted by Gasteiger charge is 2.06. The minimum Gasteiger partial charge on any atom is -0.127 e. The Morgan fingerprint density at radius 1 is 1.21 bits per heavy atom. The molecule has 0 N–H and O–H groups in total. The summed E-state index contributed by atoms with van der Waals surface area (Å²) in [5, 5.41) is 0. The first-order chi connectivity index (χ1) is 6.75. The summed E-state index contributed by atoms with van der Waals surface area (Å²) in [6.07, 6.45) is 3.62. The third-order valence-corrected chi connectivity index (χ3v) is 3.01. The molecule has 1 aromatic carbocycles. The molecule has 1 atom stereocenters. The number of hydrogen-bond donors (Lipinski definition) is 0. The summed E-state index contributed by atoms with van der Waals surface area (Å²) in [6, 6.07) is 8.65. The standard InChI is InChI=1S/C13H19Cl/c1-11-7-3-4-9-13(11)12(2)8-5-6-10-14/h3-4,7,9,12H,5-6,8,10H2,1-2H3/t12-/m0/s1. The zero-order valence-corrected chi connectivity index (χ0v) is 9.85. The second-order valence-corrected chi connectivity index (χ2v) is 4.32. The van der Waals surface area contributed by atoms with Crippen LogP contribution >= 0.6 is 11.6 Å². The molecule has 0 aliphatic rings. The lowest BCUT2D eigenvalue weighted by atomic mass is 9.92. The fourth-order valence-corrected chi connectivity index (χ4v) is 2.03. The minimum absolute atomic E-state index is 0.666. The third kappa shape index (κ3) is 3.34. The van der Waals surface area contributed by atoms with Gasteiger partial charge in [-0.3, -0.25) is 0 Å². The molecule has 1 heteroatoms. The highest BCUT2D eigenvalue weighted by molar-refractivity contribution is 6.17. The van der Waals surface area contributed by atoms with E-state index < -0.39 is 0 Å². The Morgan fingerprint density at radius 2 is 1.93 bits per heavy atom. The van der Waals surface area contributed by atoms with Gasteiger partial charge in [0.05, 0.1) is 0 Å². The molecule has 0 spiro atoms. The molecular weight excluding hydrogens is 192 g/mol. The fourth-order valence-electron chi connectivity index (χ4n) is 1.84. The molecule has 0 unspecified atom stereocenters. The van der Waals surface area contributed by atoms with Crippen molar-refractivity contribution in [3.05, 3.63) is 35.4 Å². The van der Waals surface area contributed by atoms with E-state index in [1.165, 1.54) is 24.0 Å². The molecule has 0 aliphatic carbocycles. The molecule has 0 aliphatic heterocycles. The van der Waals surface area contributed by atoms with Gasteiger partial charge in [0, 0.05) is 5.88 Å². The van der Waals surface area contributed by atoms with E-state index in [4.69, 9.17) is 11.6 Å². The minimum atomic E-state index is 0.666. The summed E-state index contributed by atoms with van der Waals surface area (Å²) < 4.78 is 0. The number of unbranched alkanes of at least 4 members (excludes halogenated alkanes) is 1. The second-order valence-electron chi connectivity index (χ2n) is 3.94. The Labute approximate surface area is 92.3 Å². The second kappa shape index (κ2) is 6.08. The molecule has 0 nitrogen and oxygen atoms in total. The molecule has 0 amide bonds. The van der Waals surface area contributed by atoms with Gasteiger partial charge < -0.3 is 0 Å². The Kier molecular flexibility index (Phi) is 5.03. The Balaban J connectivity index is 2.51. The van der Waals surface area contributed by atoms with Crippen molar-refractivity contribution in [2.75, 3.05) is 5.88 Å². The van der Waals surface area contributed by atoms with E-state index in [1.54, 1.807) is 0 Å². The normalized spacial score (nSPS) is 12.8. The van der Waals surface area contributed by atoms with E-state index in [0.717, 1.165) is 12.3 Å². The molecule has 0 saturated heterocycles. The molecule has 0 aromatic heterocycles. The molecule has 14 heavy (non-hydrogen) atoms. The lowest BCUT2D eigenvalue weighted by Gasteiger charge is -2.13. The number of alkyl halides is 1. The largest absolute Gasteiger partial charge is 0.127 e. The molecule has 1 aromatic rings. The molecule has 0 saturated carbocycles. The lowest BCUT2D eigenvalue weighted by Crippen LogP contribution is -1.96. The fraction of sp³-hybridized carbons (Fsp3) is 0.538. The maximum Gasteiger partial charge on any atom is 0.0223 e. The van der Waals surface area contributed by atoms with Crippen molar-refractivity contribution < 1.29 is 0 Å². The zero-order valence-electron chi connectivity index (χ0n) is 9.09. The van der Waals surface area contributed by atoms with Gasteiger partial charge in [0.2, 0.25) is 0 Å². The van der Waals surface area contributed by atoms with Crippen molar-refractivity contribution >= 4 is 11.6 Å². The van der Waals surface area contributed by atoms with Gasteiger partial charge in [-0.25, -0.2) is 0 Å². The van der Waals surface area contributed by atoms with Crippen molar-refractivity contribution in [1.82, 2.24) is 0 Å². The average Bonchev–Trinajstić information content (AvgIpc) is 2.18. The first-order valence-electron chi connectivity index (χ1n) is 5.37. The first-order valence-corrected chi connectivity index (χ1v) is 5.90. The van der Waals surface area contributed by atoms with E-state index in [9.17, 15) is 0 Å². The van der Waals surface area contributed by atoms with Crippen molar-refractivity contribution in [3.63, 3.8) is 0 Å². The van der Waals surface area contributed by atoms with Gasteiger partial charge in [-0.1, -0.05) is 37.6 Å². The molecule has 0 radical (unpaired) electrons. The molecule has 0 fully saturated rings. The van der Waals surface area contributed by atoms with Crippen LogP contribution in [0.15, 0.2) is 24.3 Å². The molecule has 0 heterocycles. The van der Waals surface area contributed by atoms with Crippen LogP contribution in [0.4, 0.5) is 0 Å². The van der Waals surface area contributed by atoms with Crippen LogP contribution in [0.2, 0.25) is 0 Å². The summed E-state index contributed by atoms with van der Waals surface area (Å²) in [6.45, 7) is 4.49. The van der Waals surface area contributed by atoms with Crippen LogP contribution in [0.5, 0.6) is 0 Å². The predicted molar refractivity (Wildman–Crippen MR) is 64.2 cm³/mol. The monoisotopic (exact) mass is 210 g/mol. The van der Waals surface area contributed by atoms with Gasteiger partial charge in [0.1, 0.15) is 0 Å². The van der Waals surface area contributed by atoms with Crippen molar-refractivity contribution in [3.8, 4) is 0 Å². The summed E-state index contributed by atoms with van der Waals surface area (Å²) in [5.74, 6) is 1.46. The van der Waals surface area contributed by atoms with Crippen LogP contribution in [-0.4, -0.2) is 5.88 Å². The lowest BCUT2D eigenvalue weighted by molar-refractivity contribution is 0.623. The van der Waals surface area contributed by atoms with Gasteiger partial charge in [-0.15, -0.1) is 11.6 Å². The van der Waals surface area contributed by atoms with Crippen molar-refractivity contribution in [2.45, 2.75) is 39.0 Å². The van der Waals surface area contributed by atoms with Crippen molar-refractivity contribution in [2.24, 2.45) is 0 Å². The summed E-state index contributed by atoms with van der Waals surface area (Å²) >= 11 is 5.66. The van der Waals surface area contributed by atoms with Crippen molar-refractivity contribution in [1.29, 1.82) is 0 Å². The van der Waals surface area contributed by atoms with Crippen LogP contribution in [0, 0.1) is 6.92 Å². The SMILES string of the molecule is Cc1ccccc1[C@@H](C)CCCCCl. The molecule has 78 valence electrons.